The minimum atomic E-state index is -3.98. The lowest BCUT2D eigenvalue weighted by Gasteiger charge is -2.19. The number of rotatable bonds is 6. The smallest absolute Gasteiger partial charge is 0.330 e. The van der Waals surface area contributed by atoms with Crippen LogP contribution in [0, 0.1) is 0 Å². The van der Waals surface area contributed by atoms with E-state index in [9.17, 15) is 22.8 Å². The van der Waals surface area contributed by atoms with Crippen LogP contribution in [0.25, 0.3) is 10.9 Å². The van der Waals surface area contributed by atoms with Crippen molar-refractivity contribution < 1.29 is 13.2 Å². The van der Waals surface area contributed by atoms with E-state index < -0.39 is 27.2 Å². The van der Waals surface area contributed by atoms with Gasteiger partial charge in [-0.3, -0.25) is 18.7 Å². The predicted octanol–water partition coefficient (Wildman–Crippen LogP) is -0.228. The molecule has 0 bridgehead atoms. The van der Waals surface area contributed by atoms with E-state index in [4.69, 9.17) is 0 Å². The Morgan fingerprint density at radius 2 is 1.85 bits per heavy atom. The third kappa shape index (κ3) is 3.96. The number of nitrogens with zero attached hydrogens (tertiary/aromatic N) is 3. The van der Waals surface area contributed by atoms with Gasteiger partial charge in [0.2, 0.25) is 15.9 Å². The maximum atomic E-state index is 12.8. The largest absolute Gasteiger partial charge is 0.353 e. The van der Waals surface area contributed by atoms with E-state index in [2.05, 4.69) is 5.32 Å². The first-order valence-electron chi connectivity index (χ1n) is 8.46. The van der Waals surface area contributed by atoms with Crippen LogP contribution in [0.5, 0.6) is 0 Å². The zero-order valence-electron chi connectivity index (χ0n) is 16.0. The molecule has 0 fully saturated rings. The first-order chi connectivity index (χ1) is 12.5. The van der Waals surface area contributed by atoms with Crippen molar-refractivity contribution in [3.8, 4) is 0 Å². The number of carbonyl (C=O) groups excluding carboxylic acids is 1. The highest BCUT2D eigenvalue weighted by molar-refractivity contribution is 7.89. The molecule has 1 heterocycles. The molecular formula is C17H24N4O5S. The molecule has 27 heavy (non-hydrogen) atoms. The molecule has 0 radical (unpaired) electrons. The minimum Gasteiger partial charge on any atom is -0.353 e. The van der Waals surface area contributed by atoms with Crippen molar-refractivity contribution in [1.29, 1.82) is 0 Å². The number of aromatic nitrogens is 2. The summed E-state index contributed by atoms with van der Waals surface area (Å²) in [6, 6.07) is 3.91. The molecule has 0 unspecified atom stereocenters. The molecular weight excluding hydrogens is 372 g/mol. The van der Waals surface area contributed by atoms with Crippen molar-refractivity contribution in [1.82, 2.24) is 18.8 Å². The number of amides is 1. The zero-order chi connectivity index (χ0) is 20.5. The third-order valence-corrected chi connectivity index (χ3v) is 6.33. The van der Waals surface area contributed by atoms with Gasteiger partial charge in [0.25, 0.3) is 5.56 Å². The Morgan fingerprint density at radius 1 is 1.22 bits per heavy atom. The summed E-state index contributed by atoms with van der Waals surface area (Å²) in [6.45, 7) is 3.40. The number of aryl methyl sites for hydroxylation is 1. The first-order valence-corrected chi connectivity index (χ1v) is 9.90. The molecule has 0 aliphatic heterocycles. The summed E-state index contributed by atoms with van der Waals surface area (Å²) >= 11 is 0. The lowest BCUT2D eigenvalue weighted by molar-refractivity contribution is -0.121. The van der Waals surface area contributed by atoms with Gasteiger partial charge in [-0.1, -0.05) is 6.92 Å². The number of benzene rings is 1. The topological polar surface area (TPSA) is 110 Å². The standard InChI is InChI=1S/C17H24N4O5S/c1-6-11(2)18-15(22)10-19(3)27(25,26)12-7-8-14-13(9-12)16(23)21(5)17(24)20(14)4/h7-9,11H,6,10H2,1-5H3,(H,18,22)/t11-/m0/s1. The molecule has 1 atom stereocenters. The van der Waals surface area contributed by atoms with E-state index in [1.54, 1.807) is 0 Å². The van der Waals surface area contributed by atoms with Crippen LogP contribution in [-0.4, -0.2) is 47.4 Å². The summed E-state index contributed by atoms with van der Waals surface area (Å²) in [4.78, 5) is 36.2. The van der Waals surface area contributed by atoms with Crippen LogP contribution in [0.15, 0.2) is 32.7 Å². The van der Waals surface area contributed by atoms with Crippen LogP contribution < -0.4 is 16.6 Å². The summed E-state index contributed by atoms with van der Waals surface area (Å²) in [5.41, 5.74) is -0.747. The van der Waals surface area contributed by atoms with Gasteiger partial charge in [0, 0.05) is 27.2 Å². The van der Waals surface area contributed by atoms with Gasteiger partial charge in [0.15, 0.2) is 0 Å². The van der Waals surface area contributed by atoms with Crippen LogP contribution in [0.4, 0.5) is 0 Å². The van der Waals surface area contributed by atoms with E-state index in [0.717, 1.165) is 15.3 Å². The van der Waals surface area contributed by atoms with Gasteiger partial charge in [-0.2, -0.15) is 4.31 Å². The summed E-state index contributed by atoms with van der Waals surface area (Å²) in [7, 11) is 0.150. The van der Waals surface area contributed by atoms with Crippen molar-refractivity contribution in [3.05, 3.63) is 39.0 Å². The maximum Gasteiger partial charge on any atom is 0.330 e. The number of likely N-dealkylation sites (N-methyl/N-ethyl adjacent to an activating group) is 1. The van der Waals surface area contributed by atoms with Crippen LogP contribution in [0.1, 0.15) is 20.3 Å². The molecule has 1 amide bonds. The van der Waals surface area contributed by atoms with Crippen molar-refractivity contribution in [2.24, 2.45) is 14.1 Å². The van der Waals surface area contributed by atoms with Gasteiger partial charge in [-0.25, -0.2) is 13.2 Å². The highest BCUT2D eigenvalue weighted by atomic mass is 32.2. The van der Waals surface area contributed by atoms with E-state index in [1.165, 1.54) is 43.9 Å². The lowest BCUT2D eigenvalue weighted by Crippen LogP contribution is -2.41. The SMILES string of the molecule is CC[C@H](C)NC(=O)CN(C)S(=O)(=O)c1ccc2c(c1)c(=O)n(C)c(=O)n2C. The second-order valence-corrected chi connectivity index (χ2v) is 8.57. The Bertz CT molecular complexity index is 1100. The van der Waals surface area contributed by atoms with E-state index in [-0.39, 0.29) is 22.9 Å². The quantitative estimate of drug-likeness (QED) is 0.725. The Balaban J connectivity index is 2.44. The fraction of sp³-hybridized carbons (Fsp3) is 0.471. The molecule has 148 valence electrons. The monoisotopic (exact) mass is 396 g/mol. The highest BCUT2D eigenvalue weighted by Gasteiger charge is 2.24. The maximum absolute atomic E-state index is 12.8. The number of sulfonamides is 1. The van der Waals surface area contributed by atoms with Gasteiger partial charge in [0.1, 0.15) is 0 Å². The van der Waals surface area contributed by atoms with Crippen molar-refractivity contribution in [3.63, 3.8) is 0 Å². The average molecular weight is 396 g/mol. The molecule has 1 N–H and O–H groups in total. The predicted molar refractivity (Wildman–Crippen MR) is 102 cm³/mol. The lowest BCUT2D eigenvalue weighted by atomic mass is 10.2. The zero-order valence-corrected chi connectivity index (χ0v) is 16.8. The molecule has 2 aromatic rings. The molecule has 0 saturated heterocycles. The number of carbonyl (C=O) groups is 1. The highest BCUT2D eigenvalue weighted by Crippen LogP contribution is 2.18. The summed E-state index contributed by atoms with van der Waals surface area (Å²) in [5.74, 6) is -0.408. The van der Waals surface area contributed by atoms with Gasteiger partial charge in [0.05, 0.1) is 22.3 Å². The number of fused-ring (bicyclic) bond motifs is 1. The minimum absolute atomic E-state index is 0.0569. The molecule has 9 nitrogen and oxygen atoms in total. The van der Waals surface area contributed by atoms with Crippen molar-refractivity contribution in [2.45, 2.75) is 31.2 Å². The second-order valence-electron chi connectivity index (χ2n) is 6.52. The third-order valence-electron chi connectivity index (χ3n) is 4.53. The van der Waals surface area contributed by atoms with E-state index in [0.29, 0.717) is 5.52 Å². The summed E-state index contributed by atoms with van der Waals surface area (Å²) in [5, 5.41) is 2.82. The molecule has 0 aliphatic rings. The number of hydrogen-bond acceptors (Lipinski definition) is 5. The Kier molecular flexibility index (Phi) is 5.91. The molecule has 10 heteroatoms. The molecule has 1 aromatic carbocycles. The van der Waals surface area contributed by atoms with Crippen molar-refractivity contribution >= 4 is 26.8 Å². The van der Waals surface area contributed by atoms with Gasteiger partial charge < -0.3 is 5.32 Å². The van der Waals surface area contributed by atoms with Crippen LogP contribution in [0.2, 0.25) is 0 Å². The Labute approximate surface area is 157 Å². The molecule has 1 aromatic heterocycles. The van der Waals surface area contributed by atoms with Gasteiger partial charge in [-0.15, -0.1) is 0 Å². The van der Waals surface area contributed by atoms with Crippen LogP contribution in [-0.2, 0) is 28.9 Å². The van der Waals surface area contributed by atoms with Crippen molar-refractivity contribution in [2.75, 3.05) is 13.6 Å². The van der Waals surface area contributed by atoms with Gasteiger partial charge >= 0.3 is 5.69 Å². The Hall–Kier alpha value is -2.46. The Morgan fingerprint density at radius 3 is 2.44 bits per heavy atom. The fourth-order valence-corrected chi connectivity index (χ4v) is 3.78. The fourth-order valence-electron chi connectivity index (χ4n) is 2.62. The molecule has 0 aliphatic carbocycles. The second kappa shape index (κ2) is 7.65. The van der Waals surface area contributed by atoms with E-state index in [1.807, 2.05) is 13.8 Å². The van der Waals surface area contributed by atoms with E-state index >= 15 is 0 Å². The molecule has 0 saturated carbocycles. The number of hydrogen-bond donors (Lipinski definition) is 1. The van der Waals surface area contributed by atoms with Gasteiger partial charge in [-0.05, 0) is 31.5 Å². The molecule has 2 rings (SSSR count). The summed E-state index contributed by atoms with van der Waals surface area (Å²) in [6.07, 6.45) is 0.731. The average Bonchev–Trinajstić information content (AvgIpc) is 2.63. The van der Waals surface area contributed by atoms with Crippen LogP contribution >= 0.6 is 0 Å². The first kappa shape index (κ1) is 20.8. The normalized spacial score (nSPS) is 13.1. The molecule has 0 spiro atoms. The number of nitrogens with one attached hydrogen (secondary N) is 1. The summed E-state index contributed by atoms with van der Waals surface area (Å²) < 4.78 is 28.7. The van der Waals surface area contributed by atoms with Crippen LogP contribution in [0.3, 0.4) is 0 Å².